The molecule has 0 aliphatic rings. The molecule has 0 amide bonds. The number of alkyl halides is 1. The van der Waals surface area contributed by atoms with Crippen molar-refractivity contribution in [1.82, 2.24) is 0 Å². The fraction of sp³-hybridized carbons (Fsp3) is 0.385. The SMILES string of the molecule is CCOc1ccc(C)cc1C#CCCCl. The van der Waals surface area contributed by atoms with E-state index in [0.717, 1.165) is 11.3 Å². The quantitative estimate of drug-likeness (QED) is 0.563. The molecular weight excluding hydrogens is 208 g/mol. The van der Waals surface area contributed by atoms with Crippen LogP contribution in [0.3, 0.4) is 0 Å². The zero-order valence-electron chi connectivity index (χ0n) is 9.14. The Kier molecular flexibility index (Phi) is 5.07. The van der Waals surface area contributed by atoms with Gasteiger partial charge in [0.05, 0.1) is 12.2 Å². The van der Waals surface area contributed by atoms with Crippen LogP contribution in [0.4, 0.5) is 0 Å². The van der Waals surface area contributed by atoms with Crippen LogP contribution in [0.5, 0.6) is 5.75 Å². The molecule has 2 heteroatoms. The molecule has 80 valence electrons. The maximum atomic E-state index is 5.57. The van der Waals surface area contributed by atoms with Gasteiger partial charge in [0, 0.05) is 12.3 Å². The van der Waals surface area contributed by atoms with Crippen molar-refractivity contribution in [3.63, 3.8) is 0 Å². The highest BCUT2D eigenvalue weighted by Crippen LogP contribution is 2.18. The van der Waals surface area contributed by atoms with Crippen molar-refractivity contribution in [1.29, 1.82) is 0 Å². The van der Waals surface area contributed by atoms with E-state index in [2.05, 4.69) is 11.8 Å². The predicted molar refractivity (Wildman–Crippen MR) is 64.6 cm³/mol. The summed E-state index contributed by atoms with van der Waals surface area (Å²) in [5, 5.41) is 0. The Labute approximate surface area is 96.4 Å². The number of aryl methyl sites for hydroxylation is 1. The second-order valence-corrected chi connectivity index (χ2v) is 3.55. The summed E-state index contributed by atoms with van der Waals surface area (Å²) >= 11 is 5.57. The van der Waals surface area contributed by atoms with Crippen molar-refractivity contribution < 1.29 is 4.74 Å². The van der Waals surface area contributed by atoms with E-state index >= 15 is 0 Å². The van der Waals surface area contributed by atoms with Gasteiger partial charge in [0.2, 0.25) is 0 Å². The normalized spacial score (nSPS) is 9.27. The van der Waals surface area contributed by atoms with Gasteiger partial charge >= 0.3 is 0 Å². The molecule has 0 N–H and O–H groups in total. The van der Waals surface area contributed by atoms with E-state index in [0.29, 0.717) is 18.9 Å². The molecule has 0 atom stereocenters. The van der Waals surface area contributed by atoms with Gasteiger partial charge in [-0.05, 0) is 31.5 Å². The smallest absolute Gasteiger partial charge is 0.134 e. The summed E-state index contributed by atoms with van der Waals surface area (Å²) in [5.41, 5.74) is 2.13. The average molecular weight is 223 g/mol. The summed E-state index contributed by atoms with van der Waals surface area (Å²) < 4.78 is 5.49. The van der Waals surface area contributed by atoms with Crippen molar-refractivity contribution in [2.45, 2.75) is 20.3 Å². The fourth-order valence-electron chi connectivity index (χ4n) is 1.23. The lowest BCUT2D eigenvalue weighted by atomic mass is 10.1. The van der Waals surface area contributed by atoms with Crippen LogP contribution >= 0.6 is 11.6 Å². The molecule has 0 saturated carbocycles. The van der Waals surface area contributed by atoms with Crippen molar-refractivity contribution in [3.8, 4) is 17.6 Å². The Bertz CT molecular complexity index is 374. The number of benzene rings is 1. The molecule has 0 aliphatic carbocycles. The number of hydrogen-bond acceptors (Lipinski definition) is 1. The van der Waals surface area contributed by atoms with E-state index in [1.54, 1.807) is 0 Å². The predicted octanol–water partition coefficient (Wildman–Crippen LogP) is 3.37. The van der Waals surface area contributed by atoms with Gasteiger partial charge in [-0.2, -0.15) is 0 Å². The molecule has 1 aromatic rings. The van der Waals surface area contributed by atoms with Crippen molar-refractivity contribution in [2.75, 3.05) is 12.5 Å². The second-order valence-electron chi connectivity index (χ2n) is 3.17. The van der Waals surface area contributed by atoms with Crippen molar-refractivity contribution in [2.24, 2.45) is 0 Å². The van der Waals surface area contributed by atoms with Gasteiger partial charge in [-0.15, -0.1) is 11.6 Å². The molecule has 0 heterocycles. The summed E-state index contributed by atoms with van der Waals surface area (Å²) in [6.07, 6.45) is 0.709. The average Bonchev–Trinajstić information content (AvgIpc) is 2.22. The van der Waals surface area contributed by atoms with Crippen molar-refractivity contribution in [3.05, 3.63) is 29.3 Å². The minimum atomic E-state index is 0.572. The zero-order valence-corrected chi connectivity index (χ0v) is 9.90. The molecule has 1 rings (SSSR count). The molecule has 0 aromatic heterocycles. The summed E-state index contributed by atoms with van der Waals surface area (Å²) in [4.78, 5) is 0. The molecule has 0 spiro atoms. The summed E-state index contributed by atoms with van der Waals surface area (Å²) in [6.45, 7) is 4.67. The Balaban J connectivity index is 2.92. The first-order valence-corrected chi connectivity index (χ1v) is 5.59. The van der Waals surface area contributed by atoms with E-state index < -0.39 is 0 Å². The van der Waals surface area contributed by atoms with Crippen LogP contribution in [0.15, 0.2) is 18.2 Å². The first kappa shape index (κ1) is 11.9. The lowest BCUT2D eigenvalue weighted by Gasteiger charge is -2.06. The van der Waals surface area contributed by atoms with Crippen LogP contribution in [-0.4, -0.2) is 12.5 Å². The first-order valence-electron chi connectivity index (χ1n) is 5.06. The molecule has 0 bridgehead atoms. The van der Waals surface area contributed by atoms with Crippen LogP contribution in [-0.2, 0) is 0 Å². The molecule has 0 fully saturated rings. The van der Waals surface area contributed by atoms with Gasteiger partial charge in [-0.1, -0.05) is 17.9 Å². The first-order chi connectivity index (χ1) is 7.27. The van der Waals surface area contributed by atoms with Gasteiger partial charge in [0.1, 0.15) is 5.75 Å². The standard InChI is InChI=1S/C13H15ClO/c1-3-15-13-8-7-11(2)10-12(13)6-4-5-9-14/h7-8,10H,3,5,9H2,1-2H3. The Hall–Kier alpha value is -1.13. The summed E-state index contributed by atoms with van der Waals surface area (Å²) in [7, 11) is 0. The highest BCUT2D eigenvalue weighted by atomic mass is 35.5. The van der Waals surface area contributed by atoms with Crippen LogP contribution < -0.4 is 4.74 Å². The Morgan fingerprint density at radius 1 is 1.40 bits per heavy atom. The van der Waals surface area contributed by atoms with Gasteiger partial charge < -0.3 is 4.74 Å². The van der Waals surface area contributed by atoms with Crippen LogP contribution in [0, 0.1) is 18.8 Å². The maximum Gasteiger partial charge on any atom is 0.134 e. The number of ether oxygens (including phenoxy) is 1. The minimum absolute atomic E-state index is 0.572. The van der Waals surface area contributed by atoms with Gasteiger partial charge in [0.15, 0.2) is 0 Å². The molecule has 0 saturated heterocycles. The van der Waals surface area contributed by atoms with E-state index in [9.17, 15) is 0 Å². The second kappa shape index (κ2) is 6.37. The van der Waals surface area contributed by atoms with Gasteiger partial charge in [-0.3, -0.25) is 0 Å². The Morgan fingerprint density at radius 3 is 2.87 bits per heavy atom. The van der Waals surface area contributed by atoms with Crippen LogP contribution in [0.25, 0.3) is 0 Å². The molecule has 0 aliphatic heterocycles. The highest BCUT2D eigenvalue weighted by Gasteiger charge is 1.99. The van der Waals surface area contributed by atoms with E-state index in [1.165, 1.54) is 5.56 Å². The van der Waals surface area contributed by atoms with Gasteiger partial charge in [-0.25, -0.2) is 0 Å². The highest BCUT2D eigenvalue weighted by molar-refractivity contribution is 6.18. The molecule has 1 nitrogen and oxygen atoms in total. The Morgan fingerprint density at radius 2 is 2.20 bits per heavy atom. The fourth-order valence-corrected chi connectivity index (χ4v) is 1.32. The third-order valence-electron chi connectivity index (χ3n) is 1.88. The van der Waals surface area contributed by atoms with Crippen LogP contribution in [0.1, 0.15) is 24.5 Å². The number of hydrogen-bond donors (Lipinski definition) is 0. The molecule has 1 aromatic carbocycles. The van der Waals surface area contributed by atoms with Crippen molar-refractivity contribution >= 4 is 11.6 Å². The monoisotopic (exact) mass is 222 g/mol. The third kappa shape index (κ3) is 3.85. The molecule has 0 unspecified atom stereocenters. The third-order valence-corrected chi connectivity index (χ3v) is 2.07. The lowest BCUT2D eigenvalue weighted by Crippen LogP contribution is -1.94. The number of halogens is 1. The summed E-state index contributed by atoms with van der Waals surface area (Å²) in [5.74, 6) is 7.52. The topological polar surface area (TPSA) is 9.23 Å². The van der Waals surface area contributed by atoms with Crippen LogP contribution in [0.2, 0.25) is 0 Å². The lowest BCUT2D eigenvalue weighted by molar-refractivity contribution is 0.339. The minimum Gasteiger partial charge on any atom is -0.493 e. The number of rotatable bonds is 3. The van der Waals surface area contributed by atoms with E-state index in [-0.39, 0.29) is 0 Å². The van der Waals surface area contributed by atoms with E-state index in [1.807, 2.05) is 32.0 Å². The van der Waals surface area contributed by atoms with Gasteiger partial charge in [0.25, 0.3) is 0 Å². The largest absolute Gasteiger partial charge is 0.493 e. The maximum absolute atomic E-state index is 5.57. The zero-order chi connectivity index (χ0) is 11.1. The molecular formula is C13H15ClO. The van der Waals surface area contributed by atoms with E-state index in [4.69, 9.17) is 16.3 Å². The molecule has 0 radical (unpaired) electrons. The molecule has 15 heavy (non-hydrogen) atoms. The summed E-state index contributed by atoms with van der Waals surface area (Å²) in [6, 6.07) is 6.02.